The number of carbonyl (C=O) groups excluding carboxylic acids is 1. The third-order valence-electron chi connectivity index (χ3n) is 2.97. The molecule has 18 heavy (non-hydrogen) atoms. The second-order valence-corrected chi connectivity index (χ2v) is 4.39. The fraction of sp³-hybridized carbons (Fsp3) is 0.214. The van der Waals surface area contributed by atoms with E-state index in [0.29, 0.717) is 6.54 Å². The molecule has 2 heterocycles. The third kappa shape index (κ3) is 2.22. The lowest BCUT2D eigenvalue weighted by molar-refractivity contribution is -0.125. The second-order valence-electron chi connectivity index (χ2n) is 4.39. The van der Waals surface area contributed by atoms with Crippen LogP contribution >= 0.6 is 0 Å². The van der Waals surface area contributed by atoms with Gasteiger partial charge >= 0.3 is 0 Å². The van der Waals surface area contributed by atoms with Gasteiger partial charge in [0, 0.05) is 12.7 Å². The van der Waals surface area contributed by atoms with Crippen LogP contribution in [0.5, 0.6) is 0 Å². The zero-order chi connectivity index (χ0) is 12.4. The first-order valence-corrected chi connectivity index (χ1v) is 5.93. The first-order chi connectivity index (χ1) is 8.81. The van der Waals surface area contributed by atoms with Gasteiger partial charge in [-0.25, -0.2) is 0 Å². The van der Waals surface area contributed by atoms with Crippen molar-refractivity contribution in [1.82, 2.24) is 10.2 Å². The molecule has 0 aromatic heterocycles. The lowest BCUT2D eigenvalue weighted by Gasteiger charge is -2.29. The van der Waals surface area contributed by atoms with Crippen LogP contribution in [0.1, 0.15) is 5.56 Å². The summed E-state index contributed by atoms with van der Waals surface area (Å²) in [4.78, 5) is 13.4. The van der Waals surface area contributed by atoms with Crippen molar-refractivity contribution in [2.45, 2.75) is 6.54 Å². The van der Waals surface area contributed by atoms with Crippen molar-refractivity contribution < 1.29 is 9.53 Å². The van der Waals surface area contributed by atoms with Crippen LogP contribution in [-0.4, -0.2) is 24.0 Å². The summed E-state index contributed by atoms with van der Waals surface area (Å²) in [6.45, 7) is 1.61. The first kappa shape index (κ1) is 10.9. The summed E-state index contributed by atoms with van der Waals surface area (Å²) < 4.78 is 5.35. The van der Waals surface area contributed by atoms with Crippen molar-refractivity contribution in [3.63, 3.8) is 0 Å². The Morgan fingerprint density at radius 2 is 2.11 bits per heavy atom. The molecule has 2 aliphatic rings. The highest BCUT2D eigenvalue weighted by molar-refractivity contribution is 5.80. The minimum atomic E-state index is -0.0799. The monoisotopic (exact) mass is 242 g/mol. The average Bonchev–Trinajstić information content (AvgIpc) is 2.39. The van der Waals surface area contributed by atoms with Crippen molar-refractivity contribution in [3.05, 3.63) is 59.6 Å². The number of benzene rings is 1. The highest BCUT2D eigenvalue weighted by atomic mass is 16.5. The molecule has 92 valence electrons. The van der Waals surface area contributed by atoms with Gasteiger partial charge in [0.25, 0.3) is 5.91 Å². The summed E-state index contributed by atoms with van der Waals surface area (Å²) >= 11 is 0. The summed E-state index contributed by atoms with van der Waals surface area (Å²) in [5.41, 5.74) is 2.10. The highest BCUT2D eigenvalue weighted by Gasteiger charge is 2.21. The Balaban J connectivity index is 1.70. The van der Waals surface area contributed by atoms with Crippen LogP contribution < -0.4 is 5.32 Å². The molecule has 1 amide bonds. The van der Waals surface area contributed by atoms with E-state index in [1.807, 2.05) is 30.5 Å². The molecule has 0 atom stereocenters. The SMILES string of the molecule is O=C1COC2=C(CN(Cc3ccccc3)C=C2)N1. The molecule has 0 radical (unpaired) electrons. The molecule has 0 aliphatic carbocycles. The molecule has 1 aromatic rings. The maximum Gasteiger partial charge on any atom is 0.262 e. The molecule has 0 saturated carbocycles. The van der Waals surface area contributed by atoms with E-state index >= 15 is 0 Å². The average molecular weight is 242 g/mol. The van der Waals surface area contributed by atoms with Crippen LogP contribution in [0.2, 0.25) is 0 Å². The molecule has 0 saturated heterocycles. The van der Waals surface area contributed by atoms with Gasteiger partial charge in [-0.15, -0.1) is 0 Å². The third-order valence-corrected chi connectivity index (χ3v) is 2.97. The maximum atomic E-state index is 11.3. The van der Waals surface area contributed by atoms with Gasteiger partial charge in [0.15, 0.2) is 6.61 Å². The summed E-state index contributed by atoms with van der Waals surface area (Å²) in [7, 11) is 0. The van der Waals surface area contributed by atoms with Gasteiger partial charge in [-0.2, -0.15) is 0 Å². The largest absolute Gasteiger partial charge is 0.482 e. The minimum absolute atomic E-state index is 0.0799. The van der Waals surface area contributed by atoms with Crippen molar-refractivity contribution in [2.75, 3.05) is 13.2 Å². The number of ether oxygens (including phenoxy) is 1. The smallest absolute Gasteiger partial charge is 0.262 e. The summed E-state index contributed by atoms with van der Waals surface area (Å²) in [5.74, 6) is 0.697. The van der Waals surface area contributed by atoms with Gasteiger partial charge in [-0.05, 0) is 11.6 Å². The molecule has 3 rings (SSSR count). The number of hydrogen-bond donors (Lipinski definition) is 1. The Kier molecular flexibility index (Phi) is 2.76. The van der Waals surface area contributed by atoms with E-state index < -0.39 is 0 Å². The molecule has 2 aliphatic heterocycles. The quantitative estimate of drug-likeness (QED) is 0.851. The number of rotatable bonds is 2. The number of amides is 1. The van der Waals surface area contributed by atoms with E-state index in [0.717, 1.165) is 18.0 Å². The Labute approximate surface area is 106 Å². The fourth-order valence-electron chi connectivity index (χ4n) is 2.12. The zero-order valence-corrected chi connectivity index (χ0v) is 9.93. The topological polar surface area (TPSA) is 41.6 Å². The molecule has 4 nitrogen and oxygen atoms in total. The second kappa shape index (κ2) is 4.56. The molecule has 0 fully saturated rings. The van der Waals surface area contributed by atoms with Crippen LogP contribution in [0.25, 0.3) is 0 Å². The molecular weight excluding hydrogens is 228 g/mol. The predicted octanol–water partition coefficient (Wildman–Crippen LogP) is 1.37. The number of nitrogens with one attached hydrogen (secondary N) is 1. The molecule has 0 unspecified atom stereocenters. The van der Waals surface area contributed by atoms with Crippen LogP contribution in [0.3, 0.4) is 0 Å². The van der Waals surface area contributed by atoms with E-state index in [4.69, 9.17) is 4.74 Å². The lowest BCUT2D eigenvalue weighted by Crippen LogP contribution is -2.39. The Hall–Kier alpha value is -2.23. The molecule has 4 heteroatoms. The lowest BCUT2D eigenvalue weighted by atomic mass is 10.2. The van der Waals surface area contributed by atoms with Gasteiger partial charge in [-0.3, -0.25) is 4.79 Å². The van der Waals surface area contributed by atoms with Gasteiger partial charge < -0.3 is 15.0 Å². The van der Waals surface area contributed by atoms with E-state index in [1.54, 1.807) is 0 Å². The number of hydrogen-bond acceptors (Lipinski definition) is 3. The zero-order valence-electron chi connectivity index (χ0n) is 9.93. The Morgan fingerprint density at radius 1 is 1.28 bits per heavy atom. The molecule has 1 aromatic carbocycles. The Bertz CT molecular complexity index is 520. The van der Waals surface area contributed by atoms with Gasteiger partial charge in [-0.1, -0.05) is 30.3 Å². The molecule has 0 spiro atoms. The minimum Gasteiger partial charge on any atom is -0.482 e. The molecule has 1 N–H and O–H groups in total. The van der Waals surface area contributed by atoms with Gasteiger partial charge in [0.2, 0.25) is 0 Å². The van der Waals surface area contributed by atoms with Crippen LogP contribution in [0.4, 0.5) is 0 Å². The summed E-state index contributed by atoms with van der Waals surface area (Å²) in [6.07, 6.45) is 3.91. The van der Waals surface area contributed by atoms with Crippen LogP contribution in [0, 0.1) is 0 Å². The van der Waals surface area contributed by atoms with Gasteiger partial charge in [0.1, 0.15) is 5.76 Å². The summed E-state index contributed by atoms with van der Waals surface area (Å²) in [5, 5.41) is 2.86. The molecular formula is C14H14N2O2. The van der Waals surface area contributed by atoms with E-state index in [9.17, 15) is 4.79 Å². The predicted molar refractivity (Wildman–Crippen MR) is 67.1 cm³/mol. The van der Waals surface area contributed by atoms with Crippen molar-refractivity contribution in [1.29, 1.82) is 0 Å². The van der Waals surface area contributed by atoms with Gasteiger partial charge in [0.05, 0.1) is 12.2 Å². The van der Waals surface area contributed by atoms with E-state index in [2.05, 4.69) is 22.3 Å². The fourth-order valence-corrected chi connectivity index (χ4v) is 2.12. The normalized spacial score (nSPS) is 18.2. The highest BCUT2D eigenvalue weighted by Crippen LogP contribution is 2.18. The van der Waals surface area contributed by atoms with E-state index in [-0.39, 0.29) is 12.5 Å². The van der Waals surface area contributed by atoms with Crippen molar-refractivity contribution in [3.8, 4) is 0 Å². The number of allylic oxidation sites excluding steroid dienone is 1. The van der Waals surface area contributed by atoms with Crippen molar-refractivity contribution >= 4 is 5.91 Å². The van der Waals surface area contributed by atoms with Crippen LogP contribution in [-0.2, 0) is 16.1 Å². The number of carbonyl (C=O) groups is 1. The first-order valence-electron chi connectivity index (χ1n) is 5.93. The van der Waals surface area contributed by atoms with E-state index in [1.165, 1.54) is 5.56 Å². The molecule has 0 bridgehead atoms. The summed E-state index contributed by atoms with van der Waals surface area (Å²) in [6, 6.07) is 10.2. The standard InChI is InChI=1S/C14H14N2O2/c17-14-10-18-13-6-7-16(9-12(13)15-14)8-11-4-2-1-3-5-11/h1-7H,8-10H2,(H,15,17). The Morgan fingerprint density at radius 3 is 2.94 bits per heavy atom. The van der Waals surface area contributed by atoms with Crippen LogP contribution in [0.15, 0.2) is 54.1 Å². The maximum absolute atomic E-state index is 11.3. The number of nitrogens with zero attached hydrogens (tertiary/aromatic N) is 1. The van der Waals surface area contributed by atoms with Crippen molar-refractivity contribution in [2.24, 2.45) is 0 Å².